The minimum Gasteiger partial charge on any atom is -0.357 e. The zero-order chi connectivity index (χ0) is 21.7. The average Bonchev–Trinajstić information content (AvgIpc) is 3.23. The second-order valence-corrected chi connectivity index (χ2v) is 7.33. The number of hydrogen-bond acceptors (Lipinski definition) is 5. The number of halogens is 1. The average molecular weight is 472 g/mol. The van der Waals surface area contributed by atoms with Crippen LogP contribution in [0.15, 0.2) is 59.1 Å². The normalized spacial score (nSPS) is 11.5. The Bertz CT molecular complexity index is 1100. The summed E-state index contributed by atoms with van der Waals surface area (Å²) < 4.78 is 0.865. The Balaban J connectivity index is 1.80. The number of nitrogens with zero attached hydrogens (tertiary/aromatic N) is 2. The lowest BCUT2D eigenvalue weighted by atomic mass is 10.0. The molecule has 0 radical (unpaired) electrons. The van der Waals surface area contributed by atoms with Gasteiger partial charge in [-0.2, -0.15) is 5.10 Å². The number of aromatic nitrogens is 2. The predicted octanol–water partition coefficient (Wildman–Crippen LogP) is 2.83. The van der Waals surface area contributed by atoms with Crippen molar-refractivity contribution in [2.24, 2.45) is 0 Å². The largest absolute Gasteiger partial charge is 0.357 e. The van der Waals surface area contributed by atoms with Gasteiger partial charge in [0.1, 0.15) is 11.7 Å². The van der Waals surface area contributed by atoms with Crippen molar-refractivity contribution in [3.05, 3.63) is 80.4 Å². The minimum absolute atomic E-state index is 0.0892. The molecule has 0 bridgehead atoms. The fraction of sp³-hybridized carbons (Fsp3) is 0.150. The lowest BCUT2D eigenvalue weighted by Crippen LogP contribution is -2.47. The number of nitro benzene ring substituents is 1. The second-order valence-electron chi connectivity index (χ2n) is 6.42. The first kappa shape index (κ1) is 21.2. The molecule has 0 unspecified atom stereocenters. The third-order valence-electron chi connectivity index (χ3n) is 4.40. The van der Waals surface area contributed by atoms with Crippen molar-refractivity contribution < 1.29 is 14.5 Å². The Labute approximate surface area is 180 Å². The molecule has 0 aliphatic rings. The number of rotatable bonds is 7. The fourth-order valence-electron chi connectivity index (χ4n) is 2.94. The molecule has 10 heteroatoms. The van der Waals surface area contributed by atoms with E-state index in [0.29, 0.717) is 0 Å². The predicted molar refractivity (Wildman–Crippen MR) is 114 cm³/mol. The second kappa shape index (κ2) is 9.31. The monoisotopic (exact) mass is 471 g/mol. The van der Waals surface area contributed by atoms with E-state index in [0.717, 1.165) is 10.0 Å². The van der Waals surface area contributed by atoms with Crippen LogP contribution in [0.5, 0.6) is 0 Å². The van der Waals surface area contributed by atoms with E-state index in [1.807, 2.05) is 24.3 Å². The standard InChI is InChI=1S/C20H18BrN5O4/c1-22-19(27)16(10-12-5-4-6-13(21)9-12)23-20(28)17-11-15(24-25-17)14-7-2-3-8-18(14)26(29)30/h2-9,11,16H,10H2,1H3,(H,22,27)(H,23,28)(H,24,25)/t16-/m0/s1. The molecule has 2 amide bonds. The van der Waals surface area contributed by atoms with Crippen molar-refractivity contribution in [2.45, 2.75) is 12.5 Å². The number of benzene rings is 2. The van der Waals surface area contributed by atoms with E-state index in [1.54, 1.807) is 18.2 Å². The number of carbonyl (C=O) groups excluding carboxylic acids is 2. The molecule has 2 aromatic carbocycles. The van der Waals surface area contributed by atoms with Gasteiger partial charge in [0.15, 0.2) is 0 Å². The van der Waals surface area contributed by atoms with Gasteiger partial charge in [0.2, 0.25) is 5.91 Å². The number of aromatic amines is 1. The quantitative estimate of drug-likeness (QED) is 0.360. The van der Waals surface area contributed by atoms with Crippen LogP contribution in [0.4, 0.5) is 5.69 Å². The van der Waals surface area contributed by atoms with Gasteiger partial charge in [-0.15, -0.1) is 0 Å². The number of nitrogens with one attached hydrogen (secondary N) is 3. The van der Waals surface area contributed by atoms with E-state index in [2.05, 4.69) is 36.8 Å². The number of amides is 2. The Hall–Kier alpha value is -3.53. The first-order valence-electron chi connectivity index (χ1n) is 8.95. The van der Waals surface area contributed by atoms with Crippen molar-refractivity contribution in [3.8, 4) is 11.3 Å². The van der Waals surface area contributed by atoms with Crippen LogP contribution in [0, 0.1) is 10.1 Å². The highest BCUT2D eigenvalue weighted by Gasteiger charge is 2.23. The van der Waals surface area contributed by atoms with Crippen LogP contribution in [-0.2, 0) is 11.2 Å². The lowest BCUT2D eigenvalue weighted by molar-refractivity contribution is -0.384. The van der Waals surface area contributed by atoms with Gasteiger partial charge in [-0.3, -0.25) is 24.8 Å². The van der Waals surface area contributed by atoms with Crippen LogP contribution >= 0.6 is 15.9 Å². The van der Waals surface area contributed by atoms with Gasteiger partial charge in [0.05, 0.1) is 16.2 Å². The Morgan fingerprint density at radius 3 is 2.67 bits per heavy atom. The molecule has 0 fully saturated rings. The van der Waals surface area contributed by atoms with Crippen molar-refractivity contribution in [1.29, 1.82) is 0 Å². The van der Waals surface area contributed by atoms with E-state index in [9.17, 15) is 19.7 Å². The molecule has 30 heavy (non-hydrogen) atoms. The summed E-state index contributed by atoms with van der Waals surface area (Å²) in [5.41, 5.74) is 1.38. The van der Waals surface area contributed by atoms with Crippen molar-refractivity contribution in [1.82, 2.24) is 20.8 Å². The Morgan fingerprint density at radius 1 is 1.20 bits per heavy atom. The molecule has 3 aromatic rings. The maximum Gasteiger partial charge on any atom is 0.278 e. The summed E-state index contributed by atoms with van der Waals surface area (Å²) in [4.78, 5) is 35.7. The molecular weight excluding hydrogens is 454 g/mol. The van der Waals surface area contributed by atoms with E-state index < -0.39 is 16.9 Å². The molecule has 3 rings (SSSR count). The van der Waals surface area contributed by atoms with Crippen LogP contribution in [0.1, 0.15) is 16.1 Å². The molecule has 0 saturated carbocycles. The summed E-state index contributed by atoms with van der Waals surface area (Å²) >= 11 is 3.39. The molecule has 1 atom stereocenters. The van der Waals surface area contributed by atoms with Gasteiger partial charge in [-0.05, 0) is 29.8 Å². The van der Waals surface area contributed by atoms with E-state index in [1.165, 1.54) is 19.2 Å². The van der Waals surface area contributed by atoms with Gasteiger partial charge in [0.25, 0.3) is 11.6 Å². The summed E-state index contributed by atoms with van der Waals surface area (Å²) in [7, 11) is 1.49. The SMILES string of the molecule is CNC(=O)[C@H](Cc1cccc(Br)c1)NC(=O)c1cc(-c2ccccc2[N+](=O)[O-])n[nH]1. The van der Waals surface area contributed by atoms with Gasteiger partial charge < -0.3 is 10.6 Å². The maximum atomic E-state index is 12.7. The van der Waals surface area contributed by atoms with Crippen LogP contribution in [0.2, 0.25) is 0 Å². The van der Waals surface area contributed by atoms with Gasteiger partial charge in [0, 0.05) is 24.0 Å². The van der Waals surface area contributed by atoms with Crippen molar-refractivity contribution in [2.75, 3.05) is 7.05 Å². The van der Waals surface area contributed by atoms with Crippen LogP contribution < -0.4 is 10.6 Å². The highest BCUT2D eigenvalue weighted by atomic mass is 79.9. The zero-order valence-electron chi connectivity index (χ0n) is 15.9. The highest BCUT2D eigenvalue weighted by molar-refractivity contribution is 9.10. The van der Waals surface area contributed by atoms with Crippen LogP contribution in [-0.4, -0.2) is 40.0 Å². The van der Waals surface area contributed by atoms with Crippen LogP contribution in [0.3, 0.4) is 0 Å². The van der Waals surface area contributed by atoms with Crippen LogP contribution in [0.25, 0.3) is 11.3 Å². The number of H-pyrrole nitrogens is 1. The molecular formula is C20H18BrN5O4. The molecule has 1 heterocycles. The fourth-order valence-corrected chi connectivity index (χ4v) is 3.39. The number of para-hydroxylation sites is 1. The molecule has 3 N–H and O–H groups in total. The Morgan fingerprint density at radius 2 is 1.97 bits per heavy atom. The van der Waals surface area contributed by atoms with Crippen molar-refractivity contribution >= 4 is 33.4 Å². The number of nitro groups is 1. The highest BCUT2D eigenvalue weighted by Crippen LogP contribution is 2.28. The van der Waals surface area contributed by atoms with Gasteiger partial charge in [-0.1, -0.05) is 40.2 Å². The molecule has 154 valence electrons. The summed E-state index contributed by atoms with van der Waals surface area (Å²) in [5.74, 6) is -0.891. The third-order valence-corrected chi connectivity index (χ3v) is 4.89. The molecule has 9 nitrogen and oxygen atoms in total. The molecule has 0 aliphatic carbocycles. The van der Waals surface area contributed by atoms with E-state index >= 15 is 0 Å². The van der Waals surface area contributed by atoms with Gasteiger partial charge >= 0.3 is 0 Å². The summed E-state index contributed by atoms with van der Waals surface area (Å²) in [6, 6.07) is 14.2. The molecule has 1 aromatic heterocycles. The minimum atomic E-state index is -0.811. The molecule has 0 spiro atoms. The maximum absolute atomic E-state index is 12.7. The number of hydrogen-bond donors (Lipinski definition) is 3. The lowest BCUT2D eigenvalue weighted by Gasteiger charge is -2.17. The number of carbonyl (C=O) groups is 2. The summed E-state index contributed by atoms with van der Waals surface area (Å²) in [6.45, 7) is 0. The topological polar surface area (TPSA) is 130 Å². The molecule has 0 aliphatic heterocycles. The van der Waals surface area contributed by atoms with E-state index in [4.69, 9.17) is 0 Å². The summed E-state index contributed by atoms with van der Waals surface area (Å²) in [6.07, 6.45) is 0.288. The first-order valence-corrected chi connectivity index (χ1v) is 9.74. The smallest absolute Gasteiger partial charge is 0.278 e. The van der Waals surface area contributed by atoms with E-state index in [-0.39, 0.29) is 35.0 Å². The zero-order valence-corrected chi connectivity index (χ0v) is 17.5. The molecule has 0 saturated heterocycles. The number of likely N-dealkylation sites (N-methyl/N-ethyl adjacent to an activating group) is 1. The van der Waals surface area contributed by atoms with Crippen molar-refractivity contribution in [3.63, 3.8) is 0 Å². The Kier molecular flexibility index (Phi) is 6.58. The summed E-state index contributed by atoms with van der Waals surface area (Å²) in [5, 5.41) is 23.1. The third kappa shape index (κ3) is 4.90. The first-order chi connectivity index (χ1) is 14.4. The van der Waals surface area contributed by atoms with Gasteiger partial charge in [-0.25, -0.2) is 0 Å².